The van der Waals surface area contributed by atoms with Crippen LogP contribution in [0.25, 0.3) is 0 Å². The number of aryl methyl sites for hydroxylation is 1. The number of rotatable bonds is 3. The number of carbonyl (C=O) groups is 1. The van der Waals surface area contributed by atoms with Crippen LogP contribution in [0.15, 0.2) is 12.1 Å². The maximum absolute atomic E-state index is 13.3. The van der Waals surface area contributed by atoms with Crippen LogP contribution >= 0.6 is 0 Å². The molecule has 1 atom stereocenters. The van der Waals surface area contributed by atoms with Crippen LogP contribution in [0.1, 0.15) is 17.0 Å². The molecule has 0 aliphatic heterocycles. The van der Waals surface area contributed by atoms with E-state index in [2.05, 4.69) is 0 Å². The summed E-state index contributed by atoms with van der Waals surface area (Å²) in [5.74, 6) is -3.85. The van der Waals surface area contributed by atoms with Crippen molar-refractivity contribution in [2.45, 2.75) is 12.8 Å². The lowest BCUT2D eigenvalue weighted by Gasteiger charge is -2.12. The van der Waals surface area contributed by atoms with Gasteiger partial charge in [-0.25, -0.2) is 8.78 Å². The molecule has 0 aliphatic rings. The largest absolute Gasteiger partial charge is 0.481 e. The molecule has 0 radical (unpaired) electrons. The highest BCUT2D eigenvalue weighted by Crippen LogP contribution is 2.22. The van der Waals surface area contributed by atoms with E-state index in [1.807, 2.05) is 0 Å². The van der Waals surface area contributed by atoms with E-state index >= 15 is 0 Å². The van der Waals surface area contributed by atoms with E-state index in [1.54, 1.807) is 0 Å². The van der Waals surface area contributed by atoms with Gasteiger partial charge >= 0.3 is 5.97 Å². The number of aliphatic carboxylic acids is 1. The van der Waals surface area contributed by atoms with Crippen LogP contribution in [-0.2, 0) is 4.79 Å². The van der Waals surface area contributed by atoms with Crippen molar-refractivity contribution in [3.8, 4) is 0 Å². The van der Waals surface area contributed by atoms with Gasteiger partial charge in [0.25, 0.3) is 0 Å². The van der Waals surface area contributed by atoms with Crippen LogP contribution in [0.2, 0.25) is 0 Å². The molecule has 0 spiro atoms. The second-order valence-corrected chi connectivity index (χ2v) is 3.25. The minimum atomic E-state index is -1.26. The molecule has 3 nitrogen and oxygen atoms in total. The van der Waals surface area contributed by atoms with Gasteiger partial charge in [0, 0.05) is 12.1 Å². The molecular formula is C10H11F2NO2. The molecule has 0 saturated carbocycles. The fourth-order valence-electron chi connectivity index (χ4n) is 1.29. The Morgan fingerprint density at radius 1 is 1.47 bits per heavy atom. The zero-order chi connectivity index (χ0) is 11.6. The Kier molecular flexibility index (Phi) is 3.36. The average molecular weight is 215 g/mol. The van der Waals surface area contributed by atoms with E-state index in [0.717, 1.165) is 12.1 Å². The molecule has 5 heteroatoms. The van der Waals surface area contributed by atoms with Crippen molar-refractivity contribution in [2.75, 3.05) is 6.54 Å². The Hall–Kier alpha value is -1.49. The third-order valence-corrected chi connectivity index (χ3v) is 2.19. The van der Waals surface area contributed by atoms with E-state index < -0.39 is 23.5 Å². The molecule has 1 rings (SSSR count). The zero-order valence-corrected chi connectivity index (χ0v) is 8.13. The molecule has 1 aromatic rings. The van der Waals surface area contributed by atoms with Crippen molar-refractivity contribution in [3.05, 3.63) is 34.9 Å². The van der Waals surface area contributed by atoms with Crippen LogP contribution < -0.4 is 5.73 Å². The summed E-state index contributed by atoms with van der Waals surface area (Å²) in [4.78, 5) is 10.7. The van der Waals surface area contributed by atoms with Crippen LogP contribution in [0.3, 0.4) is 0 Å². The quantitative estimate of drug-likeness (QED) is 0.801. The lowest BCUT2D eigenvalue weighted by Crippen LogP contribution is -2.22. The number of benzene rings is 1. The van der Waals surface area contributed by atoms with Crippen molar-refractivity contribution in [1.29, 1.82) is 0 Å². The molecule has 0 amide bonds. The van der Waals surface area contributed by atoms with Gasteiger partial charge in [-0.3, -0.25) is 4.79 Å². The minimum absolute atomic E-state index is 0.136. The Labute approximate surface area is 85.5 Å². The molecule has 0 aromatic heterocycles. The van der Waals surface area contributed by atoms with Gasteiger partial charge in [-0.1, -0.05) is 0 Å². The fraction of sp³-hybridized carbons (Fsp3) is 0.300. The Bertz CT molecular complexity index is 393. The lowest BCUT2D eigenvalue weighted by atomic mass is 9.97. The number of hydrogen-bond acceptors (Lipinski definition) is 2. The number of nitrogens with two attached hydrogens (primary N) is 1. The molecule has 15 heavy (non-hydrogen) atoms. The standard InChI is InChI=1S/C10H11F2NO2/c1-5-2-9(12)6(3-8(5)11)7(4-13)10(14)15/h2-3,7H,4,13H2,1H3,(H,14,15). The molecule has 0 bridgehead atoms. The van der Waals surface area contributed by atoms with E-state index in [4.69, 9.17) is 10.8 Å². The highest BCUT2D eigenvalue weighted by atomic mass is 19.1. The summed E-state index contributed by atoms with van der Waals surface area (Å²) in [5, 5.41) is 8.74. The van der Waals surface area contributed by atoms with Gasteiger partial charge in [0.15, 0.2) is 0 Å². The number of carboxylic acids is 1. The molecule has 0 heterocycles. The van der Waals surface area contributed by atoms with E-state index in [0.29, 0.717) is 0 Å². The monoisotopic (exact) mass is 215 g/mol. The summed E-state index contributed by atoms with van der Waals surface area (Å²) in [5.41, 5.74) is 5.11. The molecule has 82 valence electrons. The third kappa shape index (κ3) is 2.30. The molecular weight excluding hydrogens is 204 g/mol. The van der Waals surface area contributed by atoms with Gasteiger partial charge < -0.3 is 10.8 Å². The van der Waals surface area contributed by atoms with Crippen LogP contribution in [-0.4, -0.2) is 17.6 Å². The maximum Gasteiger partial charge on any atom is 0.312 e. The van der Waals surface area contributed by atoms with Crippen molar-refractivity contribution >= 4 is 5.97 Å². The van der Waals surface area contributed by atoms with Gasteiger partial charge in [-0.05, 0) is 24.6 Å². The fourth-order valence-corrected chi connectivity index (χ4v) is 1.29. The predicted molar refractivity (Wildman–Crippen MR) is 50.5 cm³/mol. The number of hydrogen-bond donors (Lipinski definition) is 2. The summed E-state index contributed by atoms with van der Waals surface area (Å²) < 4.78 is 26.5. The van der Waals surface area contributed by atoms with Gasteiger partial charge in [-0.2, -0.15) is 0 Å². The summed E-state index contributed by atoms with van der Waals surface area (Å²) >= 11 is 0. The molecule has 0 saturated heterocycles. The first-order valence-corrected chi connectivity index (χ1v) is 4.35. The summed E-state index contributed by atoms with van der Waals surface area (Å²) in [6.45, 7) is 1.13. The maximum atomic E-state index is 13.3. The van der Waals surface area contributed by atoms with E-state index in [9.17, 15) is 13.6 Å². The highest BCUT2D eigenvalue weighted by molar-refractivity contribution is 5.76. The average Bonchev–Trinajstić information content (AvgIpc) is 2.14. The van der Waals surface area contributed by atoms with Crippen LogP contribution in [0.5, 0.6) is 0 Å². The molecule has 0 fully saturated rings. The van der Waals surface area contributed by atoms with Gasteiger partial charge in [-0.15, -0.1) is 0 Å². The van der Waals surface area contributed by atoms with Crippen molar-refractivity contribution in [3.63, 3.8) is 0 Å². The number of halogens is 2. The summed E-state index contributed by atoms with van der Waals surface area (Å²) in [6.07, 6.45) is 0. The first kappa shape index (κ1) is 11.6. The minimum Gasteiger partial charge on any atom is -0.481 e. The molecule has 0 aliphatic carbocycles. The smallest absolute Gasteiger partial charge is 0.312 e. The third-order valence-electron chi connectivity index (χ3n) is 2.19. The summed E-state index contributed by atoms with van der Waals surface area (Å²) in [7, 11) is 0. The van der Waals surface area contributed by atoms with Gasteiger partial charge in [0.1, 0.15) is 11.6 Å². The Balaban J connectivity index is 3.24. The predicted octanol–water partition coefficient (Wildman–Crippen LogP) is 1.40. The first-order chi connectivity index (χ1) is 6.97. The topological polar surface area (TPSA) is 63.3 Å². The Morgan fingerprint density at radius 2 is 2.07 bits per heavy atom. The van der Waals surface area contributed by atoms with Crippen molar-refractivity contribution < 1.29 is 18.7 Å². The lowest BCUT2D eigenvalue weighted by molar-refractivity contribution is -0.138. The van der Waals surface area contributed by atoms with Gasteiger partial charge in [0.2, 0.25) is 0 Å². The normalized spacial score (nSPS) is 12.5. The molecule has 3 N–H and O–H groups in total. The second-order valence-electron chi connectivity index (χ2n) is 3.25. The first-order valence-electron chi connectivity index (χ1n) is 4.35. The Morgan fingerprint density at radius 3 is 2.53 bits per heavy atom. The van der Waals surface area contributed by atoms with Crippen LogP contribution in [0, 0.1) is 18.6 Å². The molecule has 1 aromatic carbocycles. The van der Waals surface area contributed by atoms with Crippen LogP contribution in [0.4, 0.5) is 8.78 Å². The summed E-state index contributed by atoms with van der Waals surface area (Å²) in [6, 6.07) is 1.85. The van der Waals surface area contributed by atoms with Crippen molar-refractivity contribution in [1.82, 2.24) is 0 Å². The molecule has 1 unspecified atom stereocenters. The van der Waals surface area contributed by atoms with Gasteiger partial charge in [0.05, 0.1) is 5.92 Å². The van der Waals surface area contributed by atoms with E-state index in [-0.39, 0.29) is 17.7 Å². The van der Waals surface area contributed by atoms with E-state index in [1.165, 1.54) is 6.92 Å². The number of carboxylic acid groups (broad SMARTS) is 1. The zero-order valence-electron chi connectivity index (χ0n) is 8.13. The van der Waals surface area contributed by atoms with Crippen molar-refractivity contribution in [2.24, 2.45) is 5.73 Å². The second kappa shape index (κ2) is 4.35. The highest BCUT2D eigenvalue weighted by Gasteiger charge is 2.22. The SMILES string of the molecule is Cc1cc(F)c(C(CN)C(=O)O)cc1F.